The van der Waals surface area contributed by atoms with Crippen molar-refractivity contribution in [2.75, 3.05) is 18.1 Å². The molecule has 6 nitrogen and oxygen atoms in total. The zero-order valence-electron chi connectivity index (χ0n) is 12.2. The van der Waals surface area contributed by atoms with E-state index in [4.69, 9.17) is 0 Å². The molecular weight excluding hydrogens is 324 g/mol. The number of nitrogens with one attached hydrogen (secondary N) is 2. The van der Waals surface area contributed by atoms with Crippen molar-refractivity contribution in [3.8, 4) is 0 Å². The van der Waals surface area contributed by atoms with Gasteiger partial charge < -0.3 is 10.6 Å². The van der Waals surface area contributed by atoms with E-state index >= 15 is 0 Å². The molecule has 2 rings (SSSR count). The summed E-state index contributed by atoms with van der Waals surface area (Å²) in [7, 11) is -2.99. The lowest BCUT2D eigenvalue weighted by Crippen LogP contribution is -2.37. The van der Waals surface area contributed by atoms with Crippen molar-refractivity contribution in [1.82, 2.24) is 10.6 Å². The fourth-order valence-electron chi connectivity index (χ4n) is 2.31. The molecule has 1 saturated heterocycles. The van der Waals surface area contributed by atoms with E-state index in [0.717, 1.165) is 5.56 Å². The number of amides is 2. The van der Waals surface area contributed by atoms with Crippen LogP contribution in [0.15, 0.2) is 16.8 Å². The molecule has 2 N–H and O–H groups in total. The third kappa shape index (κ3) is 5.76. The summed E-state index contributed by atoms with van der Waals surface area (Å²) < 4.78 is 22.6. The maximum absolute atomic E-state index is 11.7. The zero-order chi connectivity index (χ0) is 16.0. The Morgan fingerprint density at radius 1 is 1.27 bits per heavy atom. The van der Waals surface area contributed by atoms with Gasteiger partial charge in [-0.3, -0.25) is 9.59 Å². The second-order valence-corrected chi connectivity index (χ2v) is 8.41. The summed E-state index contributed by atoms with van der Waals surface area (Å²) >= 11 is 1.60. The molecule has 0 aliphatic carbocycles. The first kappa shape index (κ1) is 17.0. The quantitative estimate of drug-likeness (QED) is 0.753. The van der Waals surface area contributed by atoms with Crippen LogP contribution in [0.4, 0.5) is 0 Å². The van der Waals surface area contributed by atoms with E-state index in [-0.39, 0.29) is 42.3 Å². The fourth-order valence-corrected chi connectivity index (χ4v) is 4.68. The number of sulfone groups is 1. The van der Waals surface area contributed by atoms with Gasteiger partial charge in [0.2, 0.25) is 11.8 Å². The second-order valence-electron chi connectivity index (χ2n) is 5.40. The molecule has 0 radical (unpaired) electrons. The largest absolute Gasteiger partial charge is 0.356 e. The molecule has 1 aliphatic heterocycles. The lowest BCUT2D eigenvalue weighted by atomic mass is 10.2. The second kappa shape index (κ2) is 7.73. The standard InChI is InChI=1S/C14H20N2O4S2/c17-13(2-1-11-4-7-21-9-11)15-6-3-14(18)16-12-5-8-22(19,20)10-12/h4,7,9,12H,1-3,5-6,8,10H2,(H,15,17)(H,16,18). The Bertz CT molecular complexity index is 611. The molecule has 1 fully saturated rings. The van der Waals surface area contributed by atoms with E-state index in [1.54, 1.807) is 11.3 Å². The summed E-state index contributed by atoms with van der Waals surface area (Å²) in [5, 5.41) is 9.38. The van der Waals surface area contributed by atoms with Crippen LogP contribution in [0.3, 0.4) is 0 Å². The number of hydrogen-bond acceptors (Lipinski definition) is 5. The molecule has 0 spiro atoms. The van der Waals surface area contributed by atoms with Crippen LogP contribution < -0.4 is 10.6 Å². The molecule has 22 heavy (non-hydrogen) atoms. The van der Waals surface area contributed by atoms with Gasteiger partial charge in [-0.15, -0.1) is 0 Å². The molecular formula is C14H20N2O4S2. The first-order valence-corrected chi connectivity index (χ1v) is 9.98. The van der Waals surface area contributed by atoms with E-state index < -0.39 is 9.84 Å². The van der Waals surface area contributed by atoms with Crippen LogP contribution >= 0.6 is 11.3 Å². The highest BCUT2D eigenvalue weighted by Gasteiger charge is 2.28. The summed E-state index contributed by atoms with van der Waals surface area (Å²) in [5.74, 6) is -0.147. The maximum Gasteiger partial charge on any atom is 0.222 e. The number of thiophene rings is 1. The monoisotopic (exact) mass is 344 g/mol. The zero-order valence-corrected chi connectivity index (χ0v) is 13.8. The average molecular weight is 344 g/mol. The lowest BCUT2D eigenvalue weighted by molar-refractivity contribution is -0.122. The van der Waals surface area contributed by atoms with Crippen molar-refractivity contribution in [2.24, 2.45) is 0 Å². The van der Waals surface area contributed by atoms with Gasteiger partial charge in [0.1, 0.15) is 0 Å². The third-order valence-electron chi connectivity index (χ3n) is 3.49. The van der Waals surface area contributed by atoms with Gasteiger partial charge in [0.15, 0.2) is 9.84 Å². The first-order valence-electron chi connectivity index (χ1n) is 7.22. The van der Waals surface area contributed by atoms with Crippen molar-refractivity contribution in [1.29, 1.82) is 0 Å². The minimum Gasteiger partial charge on any atom is -0.356 e. The van der Waals surface area contributed by atoms with Crippen LogP contribution in [-0.2, 0) is 25.8 Å². The first-order chi connectivity index (χ1) is 10.4. The molecule has 1 unspecified atom stereocenters. The van der Waals surface area contributed by atoms with Crippen LogP contribution in [0.5, 0.6) is 0 Å². The third-order valence-corrected chi connectivity index (χ3v) is 5.99. The van der Waals surface area contributed by atoms with E-state index in [1.165, 1.54) is 0 Å². The molecule has 1 atom stereocenters. The van der Waals surface area contributed by atoms with Crippen LogP contribution in [0.2, 0.25) is 0 Å². The van der Waals surface area contributed by atoms with Gasteiger partial charge in [0.05, 0.1) is 11.5 Å². The van der Waals surface area contributed by atoms with Gasteiger partial charge in [-0.25, -0.2) is 8.42 Å². The molecule has 0 aromatic carbocycles. The van der Waals surface area contributed by atoms with Crippen LogP contribution in [-0.4, -0.2) is 44.3 Å². The maximum atomic E-state index is 11.7. The normalized spacial score (nSPS) is 19.7. The van der Waals surface area contributed by atoms with E-state index in [1.807, 2.05) is 16.8 Å². The fraction of sp³-hybridized carbons (Fsp3) is 0.571. The SMILES string of the molecule is O=C(CCc1ccsc1)NCCC(=O)NC1CCS(=O)(=O)C1. The summed E-state index contributed by atoms with van der Waals surface area (Å²) in [5.41, 5.74) is 1.14. The molecule has 8 heteroatoms. The predicted octanol–water partition coefficient (Wildman–Crippen LogP) is 0.490. The smallest absolute Gasteiger partial charge is 0.222 e. The molecule has 122 valence electrons. The molecule has 2 heterocycles. The number of carbonyl (C=O) groups is 2. The highest BCUT2D eigenvalue weighted by molar-refractivity contribution is 7.91. The van der Waals surface area contributed by atoms with E-state index in [2.05, 4.69) is 10.6 Å². The van der Waals surface area contributed by atoms with Gasteiger partial charge >= 0.3 is 0 Å². The highest BCUT2D eigenvalue weighted by atomic mass is 32.2. The van der Waals surface area contributed by atoms with Crippen molar-refractivity contribution < 1.29 is 18.0 Å². The molecule has 1 aromatic heterocycles. The minimum absolute atomic E-state index is 0.0196. The summed E-state index contributed by atoms with van der Waals surface area (Å²) in [4.78, 5) is 23.3. The van der Waals surface area contributed by atoms with Gasteiger partial charge in [-0.1, -0.05) is 0 Å². The average Bonchev–Trinajstić information content (AvgIpc) is 3.06. The number of aryl methyl sites for hydroxylation is 1. The van der Waals surface area contributed by atoms with Crippen molar-refractivity contribution >= 4 is 33.0 Å². The molecule has 2 amide bonds. The number of hydrogen-bond donors (Lipinski definition) is 2. The van der Waals surface area contributed by atoms with E-state index in [0.29, 0.717) is 19.3 Å². The van der Waals surface area contributed by atoms with Crippen molar-refractivity contribution in [3.05, 3.63) is 22.4 Å². The minimum atomic E-state index is -2.99. The topological polar surface area (TPSA) is 92.3 Å². The molecule has 1 aliphatic rings. The Balaban J connectivity index is 1.57. The van der Waals surface area contributed by atoms with Crippen molar-refractivity contribution in [2.45, 2.75) is 31.7 Å². The van der Waals surface area contributed by atoms with Crippen LogP contribution in [0.1, 0.15) is 24.8 Å². The summed E-state index contributed by atoms with van der Waals surface area (Å²) in [6.07, 6.45) is 1.74. The van der Waals surface area contributed by atoms with Gasteiger partial charge in [-0.05, 0) is 35.2 Å². The highest BCUT2D eigenvalue weighted by Crippen LogP contribution is 2.11. The predicted molar refractivity (Wildman–Crippen MR) is 85.5 cm³/mol. The van der Waals surface area contributed by atoms with Crippen LogP contribution in [0, 0.1) is 0 Å². The Kier molecular flexibility index (Phi) is 5.96. The molecule has 0 saturated carbocycles. The summed E-state index contributed by atoms with van der Waals surface area (Å²) in [6, 6.07) is 1.70. The number of rotatable bonds is 7. The van der Waals surface area contributed by atoms with E-state index in [9.17, 15) is 18.0 Å². The van der Waals surface area contributed by atoms with Gasteiger partial charge in [-0.2, -0.15) is 11.3 Å². The lowest BCUT2D eigenvalue weighted by Gasteiger charge is -2.11. The number of carbonyl (C=O) groups excluding carboxylic acids is 2. The molecule has 1 aromatic rings. The Morgan fingerprint density at radius 3 is 2.73 bits per heavy atom. The van der Waals surface area contributed by atoms with Crippen molar-refractivity contribution in [3.63, 3.8) is 0 Å². The summed E-state index contributed by atoms with van der Waals surface area (Å²) in [6.45, 7) is 0.272. The van der Waals surface area contributed by atoms with Crippen LogP contribution in [0.25, 0.3) is 0 Å². The van der Waals surface area contributed by atoms with Gasteiger partial charge in [0.25, 0.3) is 0 Å². The van der Waals surface area contributed by atoms with Gasteiger partial charge in [0, 0.05) is 25.4 Å². The Morgan fingerprint density at radius 2 is 2.09 bits per heavy atom. The Labute approximate surface area is 134 Å². The molecule has 0 bridgehead atoms. The Hall–Kier alpha value is -1.41.